The average molecular weight is 466 g/mol. The van der Waals surface area contributed by atoms with E-state index < -0.39 is 0 Å². The molecular formula is C23H20BrN3O3. The molecule has 3 aromatic carbocycles. The molecule has 2 amide bonds. The van der Waals surface area contributed by atoms with Crippen molar-refractivity contribution in [1.82, 2.24) is 5.43 Å². The minimum absolute atomic E-state index is 0.0928. The normalized spacial score (nSPS) is 10.6. The number of hydrazone groups is 1. The number of aryl methyl sites for hydroxylation is 1. The number of nitrogens with zero attached hydrogens (tertiary/aromatic N) is 1. The minimum atomic E-state index is -0.299. The Morgan fingerprint density at radius 2 is 1.80 bits per heavy atom. The molecule has 7 heteroatoms. The molecule has 0 radical (unpaired) electrons. The number of anilines is 1. The maximum atomic E-state index is 12.0. The van der Waals surface area contributed by atoms with Gasteiger partial charge in [-0.25, -0.2) is 5.43 Å². The number of rotatable bonds is 7. The topological polar surface area (TPSA) is 79.8 Å². The van der Waals surface area contributed by atoms with Crippen LogP contribution >= 0.6 is 15.9 Å². The van der Waals surface area contributed by atoms with E-state index in [9.17, 15) is 9.59 Å². The maximum absolute atomic E-state index is 12.0. The monoisotopic (exact) mass is 465 g/mol. The van der Waals surface area contributed by atoms with Gasteiger partial charge in [0.1, 0.15) is 5.75 Å². The molecule has 0 fully saturated rings. The molecule has 3 aromatic rings. The highest BCUT2D eigenvalue weighted by atomic mass is 79.9. The van der Waals surface area contributed by atoms with E-state index >= 15 is 0 Å². The van der Waals surface area contributed by atoms with Gasteiger partial charge in [-0.15, -0.1) is 0 Å². The molecule has 6 nitrogen and oxygen atoms in total. The average Bonchev–Trinajstić information content (AvgIpc) is 2.75. The Balaban J connectivity index is 1.47. The number of para-hydroxylation sites is 1. The van der Waals surface area contributed by atoms with Crippen molar-refractivity contribution < 1.29 is 14.3 Å². The lowest BCUT2D eigenvalue weighted by atomic mass is 10.2. The van der Waals surface area contributed by atoms with Gasteiger partial charge in [0.15, 0.2) is 6.61 Å². The Morgan fingerprint density at radius 3 is 2.53 bits per heavy atom. The molecule has 30 heavy (non-hydrogen) atoms. The van der Waals surface area contributed by atoms with Crippen molar-refractivity contribution in [2.45, 2.75) is 6.92 Å². The van der Waals surface area contributed by atoms with Crippen LogP contribution in [-0.4, -0.2) is 24.6 Å². The maximum Gasteiger partial charge on any atom is 0.271 e. The second kappa shape index (κ2) is 10.4. The van der Waals surface area contributed by atoms with Gasteiger partial charge < -0.3 is 10.1 Å². The molecule has 3 rings (SSSR count). The minimum Gasteiger partial charge on any atom is -0.484 e. The molecule has 0 aliphatic heterocycles. The SMILES string of the molecule is Cc1ccccc1NC(=O)COc1ccc(/C=N/NC(=O)c2cccc(Br)c2)cc1. The Morgan fingerprint density at radius 1 is 1.03 bits per heavy atom. The first kappa shape index (κ1) is 21.3. The Bertz CT molecular complexity index is 1070. The largest absolute Gasteiger partial charge is 0.484 e. The summed E-state index contributed by atoms with van der Waals surface area (Å²) in [6.07, 6.45) is 1.53. The summed E-state index contributed by atoms with van der Waals surface area (Å²) in [5.41, 5.74) is 5.52. The van der Waals surface area contributed by atoms with Gasteiger partial charge >= 0.3 is 0 Å². The van der Waals surface area contributed by atoms with Gasteiger partial charge in [-0.05, 0) is 66.6 Å². The van der Waals surface area contributed by atoms with Crippen LogP contribution in [0.15, 0.2) is 82.4 Å². The number of hydrogen-bond acceptors (Lipinski definition) is 4. The lowest BCUT2D eigenvalue weighted by Crippen LogP contribution is -2.20. The standard InChI is InChI=1S/C23H20BrN3O3/c1-16-5-2-3-8-21(16)26-22(28)15-30-20-11-9-17(10-12-20)14-25-27-23(29)18-6-4-7-19(24)13-18/h2-14H,15H2,1H3,(H,26,28)(H,27,29)/b25-14+. The van der Waals surface area contributed by atoms with Gasteiger partial charge in [-0.1, -0.05) is 40.2 Å². The summed E-state index contributed by atoms with van der Waals surface area (Å²) in [6, 6.07) is 21.6. The van der Waals surface area contributed by atoms with Crippen molar-refractivity contribution in [3.63, 3.8) is 0 Å². The fraction of sp³-hybridized carbons (Fsp3) is 0.0870. The Labute approximate surface area is 183 Å². The molecule has 0 saturated heterocycles. The second-order valence-electron chi connectivity index (χ2n) is 6.43. The summed E-state index contributed by atoms with van der Waals surface area (Å²) in [7, 11) is 0. The first-order valence-electron chi connectivity index (χ1n) is 9.18. The van der Waals surface area contributed by atoms with Crippen molar-refractivity contribution in [3.05, 3.63) is 94.0 Å². The van der Waals surface area contributed by atoms with E-state index in [-0.39, 0.29) is 18.4 Å². The Kier molecular flexibility index (Phi) is 7.34. The molecule has 0 bridgehead atoms. The number of carbonyl (C=O) groups is 2. The van der Waals surface area contributed by atoms with Crippen LogP contribution in [0.5, 0.6) is 5.75 Å². The van der Waals surface area contributed by atoms with Crippen molar-refractivity contribution in [2.24, 2.45) is 5.10 Å². The van der Waals surface area contributed by atoms with E-state index in [1.165, 1.54) is 6.21 Å². The third-order valence-electron chi connectivity index (χ3n) is 4.14. The Hall–Kier alpha value is -3.45. The van der Waals surface area contributed by atoms with Crippen molar-refractivity contribution in [3.8, 4) is 5.75 Å². The fourth-order valence-electron chi connectivity index (χ4n) is 2.56. The molecule has 152 valence electrons. The van der Waals surface area contributed by atoms with Crippen LogP contribution in [0.3, 0.4) is 0 Å². The molecule has 0 spiro atoms. The molecule has 0 aliphatic rings. The van der Waals surface area contributed by atoms with E-state index in [1.807, 2.05) is 37.3 Å². The zero-order chi connectivity index (χ0) is 21.3. The summed E-state index contributed by atoms with van der Waals surface area (Å²) >= 11 is 3.33. The van der Waals surface area contributed by atoms with Crippen LogP contribution in [-0.2, 0) is 4.79 Å². The number of amides is 2. The van der Waals surface area contributed by atoms with Crippen molar-refractivity contribution >= 4 is 39.6 Å². The van der Waals surface area contributed by atoms with E-state index in [0.29, 0.717) is 11.3 Å². The number of benzene rings is 3. The summed E-state index contributed by atoms with van der Waals surface area (Å²) in [5.74, 6) is 0.0302. The van der Waals surface area contributed by atoms with Crippen LogP contribution in [0.1, 0.15) is 21.5 Å². The van der Waals surface area contributed by atoms with Gasteiger partial charge in [0.25, 0.3) is 11.8 Å². The quantitative estimate of drug-likeness (QED) is 0.397. The fourth-order valence-corrected chi connectivity index (χ4v) is 2.96. The number of nitrogens with one attached hydrogen (secondary N) is 2. The molecule has 0 atom stereocenters. The van der Waals surface area contributed by atoms with Crippen molar-refractivity contribution in [2.75, 3.05) is 11.9 Å². The molecule has 0 saturated carbocycles. The van der Waals surface area contributed by atoms with Gasteiger partial charge in [-0.3, -0.25) is 9.59 Å². The van der Waals surface area contributed by atoms with Crippen LogP contribution in [0.2, 0.25) is 0 Å². The van der Waals surface area contributed by atoms with Crippen LogP contribution in [0, 0.1) is 6.92 Å². The van der Waals surface area contributed by atoms with Gasteiger partial charge in [-0.2, -0.15) is 5.10 Å². The molecule has 0 heterocycles. The zero-order valence-electron chi connectivity index (χ0n) is 16.3. The molecule has 0 aliphatic carbocycles. The zero-order valence-corrected chi connectivity index (χ0v) is 17.8. The van der Waals surface area contributed by atoms with E-state index in [2.05, 4.69) is 31.8 Å². The highest BCUT2D eigenvalue weighted by Crippen LogP contribution is 2.14. The molecule has 0 unspecified atom stereocenters. The number of carbonyl (C=O) groups excluding carboxylic acids is 2. The second-order valence-corrected chi connectivity index (χ2v) is 7.35. The van der Waals surface area contributed by atoms with Crippen LogP contribution in [0.4, 0.5) is 5.69 Å². The smallest absolute Gasteiger partial charge is 0.271 e. The first-order valence-corrected chi connectivity index (χ1v) is 9.98. The molecule has 2 N–H and O–H groups in total. The highest BCUT2D eigenvalue weighted by molar-refractivity contribution is 9.10. The summed E-state index contributed by atoms with van der Waals surface area (Å²) in [5, 5.41) is 6.78. The lowest BCUT2D eigenvalue weighted by molar-refractivity contribution is -0.118. The molecular weight excluding hydrogens is 446 g/mol. The van der Waals surface area contributed by atoms with E-state index in [4.69, 9.17) is 4.74 Å². The van der Waals surface area contributed by atoms with Gasteiger partial charge in [0, 0.05) is 15.7 Å². The number of halogens is 1. The van der Waals surface area contributed by atoms with Gasteiger partial charge in [0.2, 0.25) is 0 Å². The van der Waals surface area contributed by atoms with Crippen molar-refractivity contribution in [1.29, 1.82) is 0 Å². The number of ether oxygens (including phenoxy) is 1. The predicted octanol–water partition coefficient (Wildman–Crippen LogP) is 4.54. The summed E-state index contributed by atoms with van der Waals surface area (Å²) < 4.78 is 6.34. The summed E-state index contributed by atoms with van der Waals surface area (Å²) in [4.78, 5) is 24.1. The van der Waals surface area contributed by atoms with Crippen LogP contribution in [0.25, 0.3) is 0 Å². The highest BCUT2D eigenvalue weighted by Gasteiger charge is 2.06. The van der Waals surface area contributed by atoms with E-state index in [1.54, 1.807) is 42.5 Å². The third kappa shape index (κ3) is 6.28. The van der Waals surface area contributed by atoms with Crippen LogP contribution < -0.4 is 15.5 Å². The predicted molar refractivity (Wildman–Crippen MR) is 121 cm³/mol. The van der Waals surface area contributed by atoms with E-state index in [0.717, 1.165) is 21.3 Å². The molecule has 0 aromatic heterocycles. The van der Waals surface area contributed by atoms with Gasteiger partial charge in [0.05, 0.1) is 6.21 Å². The third-order valence-corrected chi connectivity index (χ3v) is 4.63. The number of hydrogen-bond donors (Lipinski definition) is 2. The lowest BCUT2D eigenvalue weighted by Gasteiger charge is -2.09. The first-order chi connectivity index (χ1) is 14.5. The summed E-state index contributed by atoms with van der Waals surface area (Å²) in [6.45, 7) is 1.84.